The van der Waals surface area contributed by atoms with Gasteiger partial charge in [-0.15, -0.1) is 0 Å². The van der Waals surface area contributed by atoms with Gasteiger partial charge in [0, 0.05) is 25.4 Å². The van der Waals surface area contributed by atoms with Crippen LogP contribution in [0.1, 0.15) is 16.6 Å². The summed E-state index contributed by atoms with van der Waals surface area (Å²) >= 11 is 3.06. The van der Waals surface area contributed by atoms with Crippen molar-refractivity contribution in [2.45, 2.75) is 16.5 Å². The molecule has 16 heavy (non-hydrogen) atoms. The molecule has 2 rings (SSSR count). The zero-order valence-corrected chi connectivity index (χ0v) is 10.8. The highest BCUT2D eigenvalue weighted by Gasteiger charge is 2.15. The zero-order valence-electron chi connectivity index (χ0n) is 9.12. The fourth-order valence-electron chi connectivity index (χ4n) is 1.31. The minimum Gasteiger partial charge on any atom is -0.329 e. The van der Waals surface area contributed by atoms with Crippen LogP contribution in [0.5, 0.6) is 0 Å². The lowest BCUT2D eigenvalue weighted by Crippen LogP contribution is -2.08. The summed E-state index contributed by atoms with van der Waals surface area (Å²) in [5.74, 6) is 0.814. The third kappa shape index (κ3) is 2.60. The van der Waals surface area contributed by atoms with Crippen molar-refractivity contribution in [2.75, 3.05) is 6.54 Å². The zero-order chi connectivity index (χ0) is 11.5. The molecule has 0 saturated carbocycles. The average Bonchev–Trinajstić information content (AvgIpc) is 2.84. The Morgan fingerprint density at radius 2 is 2.44 bits per heavy atom. The van der Waals surface area contributed by atoms with Crippen molar-refractivity contribution in [1.82, 2.24) is 19.1 Å². The Hall–Kier alpha value is -0.920. The molecule has 1 unspecified atom stereocenters. The molecule has 1 atom stereocenters. The Morgan fingerprint density at radius 1 is 1.62 bits per heavy atom. The van der Waals surface area contributed by atoms with E-state index in [1.165, 1.54) is 11.5 Å². The maximum atomic E-state index is 5.77. The van der Waals surface area contributed by atoms with Gasteiger partial charge in [-0.3, -0.25) is 4.68 Å². The van der Waals surface area contributed by atoms with Crippen molar-refractivity contribution in [2.24, 2.45) is 12.8 Å². The summed E-state index contributed by atoms with van der Waals surface area (Å²) in [6, 6.07) is 0. The second kappa shape index (κ2) is 4.94. The minimum absolute atomic E-state index is 0.195. The van der Waals surface area contributed by atoms with Crippen LogP contribution in [0.15, 0.2) is 16.7 Å². The Balaban J connectivity index is 2.12. The van der Waals surface area contributed by atoms with Crippen LogP contribution in [-0.2, 0) is 7.05 Å². The first kappa shape index (κ1) is 11.6. The van der Waals surface area contributed by atoms with Gasteiger partial charge in [0.15, 0.2) is 4.34 Å². The van der Waals surface area contributed by atoms with Crippen molar-refractivity contribution in [3.63, 3.8) is 0 Å². The smallest absolute Gasteiger partial charge is 0.170 e. The summed E-state index contributed by atoms with van der Waals surface area (Å²) in [6.45, 7) is 2.46. The Morgan fingerprint density at radius 3 is 2.94 bits per heavy atom. The van der Waals surface area contributed by atoms with E-state index in [1.54, 1.807) is 16.4 Å². The van der Waals surface area contributed by atoms with Gasteiger partial charge in [-0.2, -0.15) is 9.47 Å². The largest absolute Gasteiger partial charge is 0.329 e. The quantitative estimate of drug-likeness (QED) is 0.836. The Labute approximate surface area is 102 Å². The molecule has 5 nitrogen and oxygen atoms in total. The van der Waals surface area contributed by atoms with E-state index in [0.29, 0.717) is 6.54 Å². The van der Waals surface area contributed by atoms with E-state index in [0.717, 1.165) is 15.7 Å². The first-order valence-corrected chi connectivity index (χ1v) is 6.50. The van der Waals surface area contributed by atoms with E-state index >= 15 is 0 Å². The Kier molecular flexibility index (Phi) is 3.57. The summed E-state index contributed by atoms with van der Waals surface area (Å²) in [7, 11) is 1.90. The van der Waals surface area contributed by atoms with Crippen LogP contribution >= 0.6 is 23.3 Å². The molecule has 0 fully saturated rings. The summed E-state index contributed by atoms with van der Waals surface area (Å²) in [5.41, 5.74) is 6.89. The molecule has 0 saturated heterocycles. The molecule has 0 aliphatic rings. The molecule has 2 aromatic rings. The number of rotatable bonds is 4. The van der Waals surface area contributed by atoms with Crippen molar-refractivity contribution in [3.05, 3.63) is 23.8 Å². The number of thioether (sulfide) groups is 1. The number of nitrogens with two attached hydrogens (primary N) is 1. The topological polar surface area (TPSA) is 69.6 Å². The highest BCUT2D eigenvalue weighted by atomic mass is 32.2. The molecule has 86 valence electrons. The van der Waals surface area contributed by atoms with Gasteiger partial charge in [-0.05, 0) is 18.5 Å². The lowest BCUT2D eigenvalue weighted by molar-refractivity contribution is 0.766. The highest BCUT2D eigenvalue weighted by molar-refractivity contribution is 8.01. The first-order chi connectivity index (χ1) is 7.69. The second-order valence-corrected chi connectivity index (χ2v) is 5.60. The Bertz CT molecular complexity index is 464. The molecule has 0 amide bonds. The lowest BCUT2D eigenvalue weighted by atomic mass is 10.2. The van der Waals surface area contributed by atoms with Crippen LogP contribution in [0.3, 0.4) is 0 Å². The van der Waals surface area contributed by atoms with Crippen LogP contribution in [0, 0.1) is 6.92 Å². The molecule has 7 heteroatoms. The number of nitrogens with zero attached hydrogens (tertiary/aromatic N) is 4. The summed E-state index contributed by atoms with van der Waals surface area (Å²) in [4.78, 5) is 4.32. The molecule has 0 aliphatic heterocycles. The van der Waals surface area contributed by atoms with Gasteiger partial charge < -0.3 is 5.73 Å². The van der Waals surface area contributed by atoms with Gasteiger partial charge >= 0.3 is 0 Å². The number of hydrogen-bond donors (Lipinski definition) is 1. The van der Waals surface area contributed by atoms with Crippen molar-refractivity contribution in [1.29, 1.82) is 0 Å². The van der Waals surface area contributed by atoms with Crippen LogP contribution < -0.4 is 5.73 Å². The molecule has 2 N–H and O–H groups in total. The summed E-state index contributed by atoms with van der Waals surface area (Å²) in [5, 5.41) is 4.34. The number of aromatic nitrogens is 4. The van der Waals surface area contributed by atoms with Gasteiger partial charge in [0.25, 0.3) is 0 Å². The van der Waals surface area contributed by atoms with E-state index in [2.05, 4.69) is 14.5 Å². The normalized spacial score (nSPS) is 12.9. The minimum atomic E-state index is 0.195. The van der Waals surface area contributed by atoms with Gasteiger partial charge in [-0.1, -0.05) is 11.8 Å². The standard InChI is InChI=1S/C9H13N5S2/c1-6-12-9(16-13-6)15-8(3-10)7-4-11-14(2)5-7/h4-5,8H,3,10H2,1-2H3. The molecule has 0 aliphatic carbocycles. The summed E-state index contributed by atoms with van der Waals surface area (Å²) < 4.78 is 6.89. The van der Waals surface area contributed by atoms with E-state index in [9.17, 15) is 0 Å². The maximum absolute atomic E-state index is 5.77. The van der Waals surface area contributed by atoms with Crippen LogP contribution in [0.25, 0.3) is 0 Å². The first-order valence-electron chi connectivity index (χ1n) is 4.84. The monoisotopic (exact) mass is 255 g/mol. The van der Waals surface area contributed by atoms with Crippen molar-refractivity contribution < 1.29 is 0 Å². The van der Waals surface area contributed by atoms with Crippen molar-refractivity contribution in [3.8, 4) is 0 Å². The fourth-order valence-corrected chi connectivity index (χ4v) is 3.14. The van der Waals surface area contributed by atoms with E-state index in [4.69, 9.17) is 5.73 Å². The molecule has 0 radical (unpaired) electrons. The third-order valence-electron chi connectivity index (χ3n) is 2.06. The van der Waals surface area contributed by atoms with E-state index < -0.39 is 0 Å². The molecule has 2 aromatic heterocycles. The third-order valence-corrected chi connectivity index (χ3v) is 4.22. The summed E-state index contributed by atoms with van der Waals surface area (Å²) in [6.07, 6.45) is 3.83. The van der Waals surface area contributed by atoms with Gasteiger partial charge in [-0.25, -0.2) is 4.98 Å². The van der Waals surface area contributed by atoms with Gasteiger partial charge in [0.1, 0.15) is 5.82 Å². The SMILES string of the molecule is Cc1nsc(SC(CN)c2cnn(C)c2)n1. The van der Waals surface area contributed by atoms with Gasteiger partial charge in [0.2, 0.25) is 0 Å². The van der Waals surface area contributed by atoms with E-state index in [1.807, 2.05) is 26.4 Å². The average molecular weight is 255 g/mol. The van der Waals surface area contributed by atoms with Crippen LogP contribution in [0.4, 0.5) is 0 Å². The highest BCUT2D eigenvalue weighted by Crippen LogP contribution is 2.34. The molecule has 0 bridgehead atoms. The molecule has 0 aromatic carbocycles. The maximum Gasteiger partial charge on any atom is 0.170 e. The molecule has 0 spiro atoms. The molecule has 2 heterocycles. The predicted octanol–water partition coefficient (Wildman–Crippen LogP) is 1.37. The van der Waals surface area contributed by atoms with Gasteiger partial charge in [0.05, 0.1) is 11.4 Å². The molecular weight excluding hydrogens is 242 g/mol. The second-order valence-electron chi connectivity index (χ2n) is 3.40. The van der Waals surface area contributed by atoms with E-state index in [-0.39, 0.29) is 5.25 Å². The van der Waals surface area contributed by atoms with Crippen LogP contribution in [-0.4, -0.2) is 25.7 Å². The predicted molar refractivity (Wildman–Crippen MR) is 65.5 cm³/mol. The fraction of sp³-hybridized carbons (Fsp3) is 0.444. The number of hydrogen-bond acceptors (Lipinski definition) is 6. The lowest BCUT2D eigenvalue weighted by Gasteiger charge is -2.09. The number of aryl methyl sites for hydroxylation is 2. The van der Waals surface area contributed by atoms with Crippen molar-refractivity contribution >= 4 is 23.3 Å². The van der Waals surface area contributed by atoms with Crippen LogP contribution in [0.2, 0.25) is 0 Å². The molecular formula is C9H13N5S2.